The minimum Gasteiger partial charge on any atom is -0.379 e. The number of nitrogens with one attached hydrogen (secondary N) is 1. The molecule has 146 valence electrons. The maximum atomic E-state index is 13.0. The van der Waals surface area contributed by atoms with Crippen molar-refractivity contribution in [2.45, 2.75) is 37.6 Å². The number of carbonyl (C=O) groups is 1. The summed E-state index contributed by atoms with van der Waals surface area (Å²) >= 11 is 0. The van der Waals surface area contributed by atoms with Gasteiger partial charge in [0.25, 0.3) is 5.91 Å². The van der Waals surface area contributed by atoms with Gasteiger partial charge in [-0.1, -0.05) is 19.3 Å². The van der Waals surface area contributed by atoms with Crippen LogP contribution in [0, 0.1) is 0 Å². The Morgan fingerprint density at radius 3 is 2.59 bits per heavy atom. The van der Waals surface area contributed by atoms with Crippen molar-refractivity contribution in [3.05, 3.63) is 36.3 Å². The van der Waals surface area contributed by atoms with Crippen LogP contribution in [0.4, 0.5) is 0 Å². The Hall–Kier alpha value is -2.12. The number of aromatic nitrogens is 3. The fourth-order valence-electron chi connectivity index (χ4n) is 4.57. The van der Waals surface area contributed by atoms with Crippen LogP contribution in [0.5, 0.6) is 0 Å². The molecule has 2 fully saturated rings. The Bertz CT molecular complexity index is 755. The second-order valence-electron chi connectivity index (χ2n) is 7.66. The van der Waals surface area contributed by atoms with Crippen molar-refractivity contribution in [1.29, 1.82) is 0 Å². The van der Waals surface area contributed by atoms with Gasteiger partial charge >= 0.3 is 0 Å². The van der Waals surface area contributed by atoms with Gasteiger partial charge in [-0.2, -0.15) is 5.10 Å². The van der Waals surface area contributed by atoms with Crippen LogP contribution in [0.1, 0.15) is 42.5 Å². The van der Waals surface area contributed by atoms with Crippen LogP contribution >= 0.6 is 0 Å². The quantitative estimate of drug-likeness (QED) is 0.873. The first-order valence-electron chi connectivity index (χ1n) is 9.96. The van der Waals surface area contributed by atoms with E-state index < -0.39 is 0 Å². The third-order valence-electron chi connectivity index (χ3n) is 6.05. The van der Waals surface area contributed by atoms with Gasteiger partial charge in [0.2, 0.25) is 0 Å². The van der Waals surface area contributed by atoms with Crippen molar-refractivity contribution < 1.29 is 9.53 Å². The van der Waals surface area contributed by atoms with Gasteiger partial charge < -0.3 is 14.6 Å². The van der Waals surface area contributed by atoms with E-state index in [1.165, 1.54) is 19.3 Å². The molecule has 1 amide bonds. The lowest BCUT2D eigenvalue weighted by molar-refractivity contribution is -0.0361. The number of carbonyl (C=O) groups excluding carboxylic acids is 1. The van der Waals surface area contributed by atoms with E-state index in [1.54, 1.807) is 10.9 Å². The molecule has 1 saturated heterocycles. The third-order valence-corrected chi connectivity index (χ3v) is 6.05. The second-order valence-corrected chi connectivity index (χ2v) is 7.66. The van der Waals surface area contributed by atoms with Crippen LogP contribution < -0.4 is 5.32 Å². The van der Waals surface area contributed by atoms with Crippen molar-refractivity contribution >= 4 is 5.91 Å². The average Bonchev–Trinajstić information content (AvgIpc) is 3.37. The molecule has 2 aromatic heterocycles. The summed E-state index contributed by atoms with van der Waals surface area (Å²) in [7, 11) is 1.86. The Morgan fingerprint density at radius 1 is 1.19 bits per heavy atom. The smallest absolute Gasteiger partial charge is 0.256 e. The molecule has 0 aromatic carbocycles. The van der Waals surface area contributed by atoms with Crippen molar-refractivity contribution in [2.75, 3.05) is 32.8 Å². The number of hydrogen-bond acceptors (Lipinski definition) is 4. The van der Waals surface area contributed by atoms with Crippen LogP contribution in [0.2, 0.25) is 0 Å². The number of nitrogens with zero attached hydrogens (tertiary/aromatic N) is 4. The molecule has 0 spiro atoms. The molecule has 0 unspecified atom stereocenters. The lowest BCUT2D eigenvalue weighted by atomic mass is 9.79. The number of morpholine rings is 1. The van der Waals surface area contributed by atoms with Gasteiger partial charge in [0.15, 0.2) is 0 Å². The van der Waals surface area contributed by atoms with Gasteiger partial charge in [-0.05, 0) is 25.0 Å². The molecule has 3 heterocycles. The summed E-state index contributed by atoms with van der Waals surface area (Å²) in [6, 6.07) is 3.90. The largest absolute Gasteiger partial charge is 0.379 e. The minimum absolute atomic E-state index is 0.0509. The lowest BCUT2D eigenvalue weighted by Crippen LogP contribution is -2.59. The van der Waals surface area contributed by atoms with Crippen LogP contribution in [-0.4, -0.2) is 63.5 Å². The maximum Gasteiger partial charge on any atom is 0.256 e. The molecule has 1 saturated carbocycles. The topological polar surface area (TPSA) is 64.3 Å². The number of rotatable bonds is 5. The molecule has 2 aliphatic rings. The predicted molar refractivity (Wildman–Crippen MR) is 103 cm³/mol. The summed E-state index contributed by atoms with van der Waals surface area (Å²) in [6.45, 7) is 4.17. The van der Waals surface area contributed by atoms with Gasteiger partial charge in [-0.15, -0.1) is 0 Å². The maximum absolute atomic E-state index is 13.0. The summed E-state index contributed by atoms with van der Waals surface area (Å²) in [6.07, 6.45) is 11.6. The molecule has 27 heavy (non-hydrogen) atoms. The van der Waals surface area contributed by atoms with E-state index in [1.807, 2.05) is 36.1 Å². The number of amides is 1. The lowest BCUT2D eigenvalue weighted by Gasteiger charge is -2.48. The van der Waals surface area contributed by atoms with Crippen LogP contribution in [0.25, 0.3) is 5.82 Å². The molecule has 0 radical (unpaired) electrons. The summed E-state index contributed by atoms with van der Waals surface area (Å²) in [5.74, 6) is 0.742. The monoisotopic (exact) mass is 371 g/mol. The third kappa shape index (κ3) is 3.66. The zero-order valence-corrected chi connectivity index (χ0v) is 16.1. The Labute approximate surface area is 160 Å². The number of ether oxygens (including phenoxy) is 1. The van der Waals surface area contributed by atoms with Crippen LogP contribution in [0.3, 0.4) is 0 Å². The normalized spacial score (nSPS) is 20.5. The minimum atomic E-state index is -0.0509. The van der Waals surface area contributed by atoms with Gasteiger partial charge in [-0.3, -0.25) is 14.4 Å². The summed E-state index contributed by atoms with van der Waals surface area (Å²) in [5, 5.41) is 7.54. The molecule has 0 atom stereocenters. The molecule has 4 rings (SSSR count). The Morgan fingerprint density at radius 2 is 1.89 bits per heavy atom. The Kier molecular flexibility index (Phi) is 5.31. The molecular weight excluding hydrogens is 342 g/mol. The van der Waals surface area contributed by atoms with E-state index in [4.69, 9.17) is 4.74 Å². The summed E-state index contributed by atoms with van der Waals surface area (Å²) < 4.78 is 9.22. The Balaban J connectivity index is 1.51. The molecular formula is C20H29N5O2. The van der Waals surface area contributed by atoms with E-state index in [0.29, 0.717) is 12.1 Å². The van der Waals surface area contributed by atoms with E-state index in [0.717, 1.165) is 45.0 Å². The highest BCUT2D eigenvalue weighted by Crippen LogP contribution is 2.34. The zero-order chi connectivity index (χ0) is 18.7. The fourth-order valence-corrected chi connectivity index (χ4v) is 4.57. The molecule has 1 aliphatic carbocycles. The van der Waals surface area contributed by atoms with Crippen LogP contribution in [-0.2, 0) is 11.8 Å². The molecule has 1 aliphatic heterocycles. The first-order valence-corrected chi connectivity index (χ1v) is 9.96. The highest BCUT2D eigenvalue weighted by atomic mass is 16.5. The predicted octanol–water partition coefficient (Wildman–Crippen LogP) is 1.98. The standard InChI is InChI=1S/C20H29N5O2/c1-23-19(24-9-5-6-10-24)17(15-22-23)18(26)21-16-20(7-3-2-4-8-20)25-11-13-27-14-12-25/h5-6,9-10,15H,2-4,7-8,11-14,16H2,1H3,(H,21,26). The first kappa shape index (κ1) is 18.3. The van der Waals surface area contributed by atoms with E-state index in [-0.39, 0.29) is 11.4 Å². The number of aryl methyl sites for hydroxylation is 1. The summed E-state index contributed by atoms with van der Waals surface area (Å²) in [4.78, 5) is 15.6. The highest BCUT2D eigenvalue weighted by Gasteiger charge is 2.39. The fraction of sp³-hybridized carbons (Fsp3) is 0.600. The van der Waals surface area contributed by atoms with Crippen LogP contribution in [0.15, 0.2) is 30.7 Å². The van der Waals surface area contributed by atoms with Gasteiger partial charge in [0, 0.05) is 44.6 Å². The van der Waals surface area contributed by atoms with Crippen molar-refractivity contribution in [2.24, 2.45) is 7.05 Å². The van der Waals surface area contributed by atoms with Crippen molar-refractivity contribution in [3.8, 4) is 5.82 Å². The van der Waals surface area contributed by atoms with Gasteiger partial charge in [0.05, 0.1) is 19.4 Å². The second kappa shape index (κ2) is 7.86. The number of hydrogen-bond donors (Lipinski definition) is 1. The van der Waals surface area contributed by atoms with Gasteiger partial charge in [0.1, 0.15) is 11.4 Å². The van der Waals surface area contributed by atoms with Crippen molar-refractivity contribution in [3.63, 3.8) is 0 Å². The molecule has 0 bridgehead atoms. The van der Waals surface area contributed by atoms with Crippen molar-refractivity contribution in [1.82, 2.24) is 24.6 Å². The van der Waals surface area contributed by atoms with Gasteiger partial charge in [-0.25, -0.2) is 0 Å². The molecule has 2 aromatic rings. The average molecular weight is 371 g/mol. The molecule has 7 heteroatoms. The van der Waals surface area contributed by atoms with E-state index in [9.17, 15) is 4.79 Å². The first-order chi connectivity index (χ1) is 13.2. The molecule has 7 nitrogen and oxygen atoms in total. The van der Waals surface area contributed by atoms with E-state index in [2.05, 4.69) is 15.3 Å². The zero-order valence-electron chi connectivity index (χ0n) is 16.1. The SMILES string of the molecule is Cn1ncc(C(=O)NCC2(N3CCOCC3)CCCCC2)c1-n1cccc1. The molecule has 1 N–H and O–H groups in total. The highest BCUT2D eigenvalue weighted by molar-refractivity contribution is 5.97. The van der Waals surface area contributed by atoms with E-state index >= 15 is 0 Å². The summed E-state index contributed by atoms with van der Waals surface area (Å²) in [5.41, 5.74) is 0.676.